The molecule has 9 nitrogen and oxygen atoms in total. The zero-order valence-corrected chi connectivity index (χ0v) is 19.1. The SMILES string of the molecule is CCc1nc2ccccc2c(=O)n1/N=C/c1ccc(OC(=O)c2ccc3c(c2)OCO3)c(OC)c1. The summed E-state index contributed by atoms with van der Waals surface area (Å²) in [6.45, 7) is 2.03. The molecule has 0 amide bonds. The number of aromatic nitrogens is 2. The number of ether oxygens (including phenoxy) is 4. The lowest BCUT2D eigenvalue weighted by molar-refractivity contribution is 0.0729. The Kier molecular flexibility index (Phi) is 5.88. The first-order valence-electron chi connectivity index (χ1n) is 10.9. The zero-order chi connectivity index (χ0) is 24.4. The fraction of sp³-hybridized carbons (Fsp3) is 0.154. The number of rotatable bonds is 6. The first-order valence-corrected chi connectivity index (χ1v) is 10.9. The molecule has 0 N–H and O–H groups in total. The smallest absolute Gasteiger partial charge is 0.343 e. The minimum absolute atomic E-state index is 0.117. The third kappa shape index (κ3) is 4.31. The highest BCUT2D eigenvalue weighted by atomic mass is 16.7. The number of esters is 1. The molecule has 0 fully saturated rings. The standard InChI is InChI=1S/C26H21N3O6/c1-3-24-28-19-7-5-4-6-18(19)25(30)29(24)27-14-16-8-10-21(22(12-16)32-2)35-26(31)17-9-11-20-23(13-17)34-15-33-20/h4-14H,3,15H2,1-2H3/b27-14+. The molecule has 1 aliphatic heterocycles. The van der Waals surface area contributed by atoms with E-state index in [1.54, 1.807) is 54.6 Å². The third-order valence-corrected chi connectivity index (χ3v) is 5.46. The number of aryl methyl sites for hydroxylation is 1. The highest BCUT2D eigenvalue weighted by Crippen LogP contribution is 2.33. The average molecular weight is 471 g/mol. The van der Waals surface area contributed by atoms with Crippen molar-refractivity contribution in [2.45, 2.75) is 13.3 Å². The van der Waals surface area contributed by atoms with Crippen LogP contribution in [0.2, 0.25) is 0 Å². The Labute approximate surface area is 200 Å². The molecule has 5 rings (SSSR count). The normalized spacial score (nSPS) is 12.3. The summed E-state index contributed by atoms with van der Waals surface area (Å²) < 4.78 is 22.8. The van der Waals surface area contributed by atoms with E-state index in [1.165, 1.54) is 18.0 Å². The molecular formula is C26H21N3O6. The fourth-order valence-electron chi connectivity index (χ4n) is 3.67. The van der Waals surface area contributed by atoms with Crippen LogP contribution in [0.4, 0.5) is 0 Å². The molecule has 176 valence electrons. The van der Waals surface area contributed by atoms with Crippen molar-refractivity contribution in [1.29, 1.82) is 0 Å². The van der Waals surface area contributed by atoms with Crippen LogP contribution in [0.25, 0.3) is 10.9 Å². The maximum absolute atomic E-state index is 12.9. The summed E-state index contributed by atoms with van der Waals surface area (Å²) in [7, 11) is 1.47. The number of methoxy groups -OCH3 is 1. The number of benzene rings is 3. The lowest BCUT2D eigenvalue weighted by atomic mass is 10.2. The van der Waals surface area contributed by atoms with Crippen molar-refractivity contribution in [3.05, 3.63) is 88.0 Å². The summed E-state index contributed by atoms with van der Waals surface area (Å²) in [5, 5.41) is 4.86. The Hall–Kier alpha value is -4.66. The predicted octanol–water partition coefficient (Wildman–Crippen LogP) is 3.80. The van der Waals surface area contributed by atoms with Gasteiger partial charge in [0.25, 0.3) is 5.56 Å². The van der Waals surface area contributed by atoms with Gasteiger partial charge in [-0.05, 0) is 54.1 Å². The average Bonchev–Trinajstić information content (AvgIpc) is 3.36. The van der Waals surface area contributed by atoms with Crippen LogP contribution in [-0.4, -0.2) is 35.7 Å². The molecule has 2 heterocycles. The van der Waals surface area contributed by atoms with Gasteiger partial charge in [-0.15, -0.1) is 0 Å². The van der Waals surface area contributed by atoms with Crippen molar-refractivity contribution in [2.75, 3.05) is 13.9 Å². The summed E-state index contributed by atoms with van der Waals surface area (Å²) in [4.78, 5) is 30.1. The molecule has 0 unspecified atom stereocenters. The molecule has 4 aromatic rings. The number of carbonyl (C=O) groups excluding carboxylic acids is 1. The molecule has 1 aliphatic rings. The van der Waals surface area contributed by atoms with E-state index in [0.717, 1.165) is 0 Å². The van der Waals surface area contributed by atoms with Crippen LogP contribution >= 0.6 is 0 Å². The largest absolute Gasteiger partial charge is 0.493 e. The van der Waals surface area contributed by atoms with Gasteiger partial charge in [-0.3, -0.25) is 4.79 Å². The van der Waals surface area contributed by atoms with Crippen molar-refractivity contribution in [2.24, 2.45) is 5.10 Å². The monoisotopic (exact) mass is 471 g/mol. The van der Waals surface area contributed by atoms with E-state index in [2.05, 4.69) is 10.1 Å². The lowest BCUT2D eigenvalue weighted by Crippen LogP contribution is -2.22. The molecule has 0 saturated heterocycles. The second kappa shape index (κ2) is 9.30. The van der Waals surface area contributed by atoms with Crippen molar-refractivity contribution >= 4 is 23.1 Å². The molecule has 0 bridgehead atoms. The summed E-state index contributed by atoms with van der Waals surface area (Å²) >= 11 is 0. The maximum Gasteiger partial charge on any atom is 0.343 e. The van der Waals surface area contributed by atoms with Crippen molar-refractivity contribution in [3.63, 3.8) is 0 Å². The topological polar surface area (TPSA) is 101 Å². The number of carbonyl (C=O) groups is 1. The van der Waals surface area contributed by atoms with E-state index in [-0.39, 0.29) is 18.1 Å². The Morgan fingerprint density at radius 3 is 2.74 bits per heavy atom. The second-order valence-electron chi connectivity index (χ2n) is 7.63. The summed E-state index contributed by atoms with van der Waals surface area (Å²) in [5.41, 5.74) is 1.35. The van der Waals surface area contributed by atoms with Crippen molar-refractivity contribution in [3.8, 4) is 23.0 Å². The molecule has 35 heavy (non-hydrogen) atoms. The molecule has 0 atom stereocenters. The molecule has 1 aromatic heterocycles. The van der Waals surface area contributed by atoms with Gasteiger partial charge >= 0.3 is 5.97 Å². The quantitative estimate of drug-likeness (QED) is 0.240. The zero-order valence-electron chi connectivity index (χ0n) is 19.1. The van der Waals surface area contributed by atoms with Gasteiger partial charge in [0.05, 0.1) is 29.8 Å². The van der Waals surface area contributed by atoms with Gasteiger partial charge in [-0.2, -0.15) is 9.78 Å². The lowest BCUT2D eigenvalue weighted by Gasteiger charge is -2.10. The molecule has 9 heteroatoms. The van der Waals surface area contributed by atoms with Crippen LogP contribution in [0, 0.1) is 0 Å². The summed E-state index contributed by atoms with van der Waals surface area (Å²) in [6.07, 6.45) is 2.07. The number of para-hydroxylation sites is 1. The first kappa shape index (κ1) is 22.1. The van der Waals surface area contributed by atoms with E-state index in [9.17, 15) is 9.59 Å². The van der Waals surface area contributed by atoms with Crippen LogP contribution in [0.15, 0.2) is 70.6 Å². The molecule has 0 spiro atoms. The highest BCUT2D eigenvalue weighted by Gasteiger charge is 2.19. The Bertz CT molecular complexity index is 1530. The van der Waals surface area contributed by atoms with Gasteiger partial charge in [0.15, 0.2) is 23.0 Å². The van der Waals surface area contributed by atoms with Gasteiger partial charge < -0.3 is 18.9 Å². The fourth-order valence-corrected chi connectivity index (χ4v) is 3.67. The minimum atomic E-state index is -0.565. The first-order chi connectivity index (χ1) is 17.1. The van der Waals surface area contributed by atoms with Gasteiger partial charge in [0.2, 0.25) is 6.79 Å². The van der Waals surface area contributed by atoms with Crippen molar-refractivity contribution < 1.29 is 23.7 Å². The second-order valence-corrected chi connectivity index (χ2v) is 7.63. The van der Waals surface area contributed by atoms with E-state index in [1.807, 2.05) is 13.0 Å². The summed E-state index contributed by atoms with van der Waals surface area (Å²) in [5.74, 6) is 1.63. The molecule has 0 aliphatic carbocycles. The van der Waals surface area contributed by atoms with Gasteiger partial charge in [-0.1, -0.05) is 19.1 Å². The maximum atomic E-state index is 12.9. The van der Waals surface area contributed by atoms with Crippen LogP contribution in [0.3, 0.4) is 0 Å². The van der Waals surface area contributed by atoms with Crippen LogP contribution in [0.5, 0.6) is 23.0 Å². The molecule has 0 saturated carbocycles. The number of nitrogens with zero attached hydrogens (tertiary/aromatic N) is 3. The van der Waals surface area contributed by atoms with Gasteiger partial charge in [-0.25, -0.2) is 9.78 Å². The number of hydrogen-bond donors (Lipinski definition) is 0. The molecule has 3 aromatic carbocycles. The van der Waals surface area contributed by atoms with E-state index < -0.39 is 5.97 Å². The molecule has 0 radical (unpaired) electrons. The third-order valence-electron chi connectivity index (χ3n) is 5.46. The van der Waals surface area contributed by atoms with Gasteiger partial charge in [0, 0.05) is 6.42 Å². The van der Waals surface area contributed by atoms with E-state index in [4.69, 9.17) is 18.9 Å². The molecular weight excluding hydrogens is 450 g/mol. The predicted molar refractivity (Wildman–Crippen MR) is 129 cm³/mol. The Morgan fingerprint density at radius 2 is 1.91 bits per heavy atom. The Balaban J connectivity index is 1.40. The number of fused-ring (bicyclic) bond motifs is 2. The van der Waals surface area contributed by atoms with E-state index >= 15 is 0 Å². The van der Waals surface area contributed by atoms with Crippen LogP contribution in [-0.2, 0) is 6.42 Å². The van der Waals surface area contributed by atoms with Crippen LogP contribution in [0.1, 0.15) is 28.7 Å². The van der Waals surface area contributed by atoms with E-state index in [0.29, 0.717) is 51.5 Å². The van der Waals surface area contributed by atoms with Crippen molar-refractivity contribution in [1.82, 2.24) is 9.66 Å². The highest BCUT2D eigenvalue weighted by molar-refractivity contribution is 5.92. The van der Waals surface area contributed by atoms with Gasteiger partial charge in [0.1, 0.15) is 5.82 Å². The summed E-state index contributed by atoms with van der Waals surface area (Å²) in [6, 6.07) is 17.0. The minimum Gasteiger partial charge on any atom is -0.493 e. The Morgan fingerprint density at radius 1 is 1.09 bits per heavy atom. The van der Waals surface area contributed by atoms with Crippen LogP contribution < -0.4 is 24.5 Å². The number of hydrogen-bond acceptors (Lipinski definition) is 8.